The Morgan fingerprint density at radius 3 is 2.70 bits per heavy atom. The predicted octanol–water partition coefficient (Wildman–Crippen LogP) is 2.27. The largest absolute Gasteiger partial charge is 0.439 e. The number of aromatic nitrogens is 1. The number of fused-ring (bicyclic) bond motifs is 3. The summed E-state index contributed by atoms with van der Waals surface area (Å²) in [6, 6.07) is 14.6. The molecule has 0 unspecified atom stereocenters. The maximum absolute atomic E-state index is 6.07. The molecule has 0 radical (unpaired) electrons. The molecule has 2 aliphatic rings. The van der Waals surface area contributed by atoms with E-state index in [1.165, 1.54) is 5.69 Å². The van der Waals surface area contributed by atoms with Gasteiger partial charge in [0, 0.05) is 40.6 Å². The first-order valence-corrected chi connectivity index (χ1v) is 9.23. The van der Waals surface area contributed by atoms with Crippen LogP contribution in [0.4, 0.5) is 5.69 Å². The summed E-state index contributed by atoms with van der Waals surface area (Å²) in [5.41, 5.74) is 3.76. The van der Waals surface area contributed by atoms with Crippen LogP contribution in [0.2, 0.25) is 0 Å². The maximum atomic E-state index is 6.07. The molecule has 4 heterocycles. The van der Waals surface area contributed by atoms with Crippen molar-refractivity contribution in [1.29, 1.82) is 0 Å². The molecule has 0 bridgehead atoms. The first-order valence-electron chi connectivity index (χ1n) is 9.23. The van der Waals surface area contributed by atoms with Crippen LogP contribution in [0, 0.1) is 6.92 Å². The third-order valence-corrected chi connectivity index (χ3v) is 5.41. The van der Waals surface area contributed by atoms with Crippen molar-refractivity contribution in [3.63, 3.8) is 0 Å². The van der Waals surface area contributed by atoms with Crippen molar-refractivity contribution in [3.05, 3.63) is 71.2 Å². The number of anilines is 1. The minimum atomic E-state index is 0.0825. The summed E-state index contributed by atoms with van der Waals surface area (Å²) in [5, 5.41) is 2.17. The van der Waals surface area contributed by atoms with E-state index in [4.69, 9.17) is 4.42 Å². The fourth-order valence-electron chi connectivity index (χ4n) is 3.95. The lowest BCUT2D eigenvalue weighted by molar-refractivity contribution is 0.451. The SMILES string of the molecule is Cc1ccc2c3c(oc2n1)=CB(N1C=CN(c2ccccc2)[C@@H]1C)N(C)C=3. The van der Waals surface area contributed by atoms with Crippen LogP contribution in [0.3, 0.4) is 0 Å². The van der Waals surface area contributed by atoms with Gasteiger partial charge in [-0.15, -0.1) is 0 Å². The number of aryl methyl sites for hydroxylation is 1. The van der Waals surface area contributed by atoms with Gasteiger partial charge in [-0.2, -0.15) is 0 Å². The lowest BCUT2D eigenvalue weighted by Gasteiger charge is -2.36. The molecule has 0 N–H and O–H groups in total. The van der Waals surface area contributed by atoms with E-state index in [0.29, 0.717) is 5.71 Å². The Kier molecular flexibility index (Phi) is 3.54. The minimum Gasteiger partial charge on any atom is -0.439 e. The Morgan fingerprint density at radius 1 is 1.07 bits per heavy atom. The Balaban J connectivity index is 1.53. The molecule has 2 aliphatic heterocycles. The fraction of sp³-hybridized carbons (Fsp3) is 0.190. The molecule has 27 heavy (non-hydrogen) atoms. The quantitative estimate of drug-likeness (QED) is 0.659. The number of nitrogens with zero attached hydrogens (tertiary/aromatic N) is 4. The maximum Gasteiger partial charge on any atom is 0.408 e. The van der Waals surface area contributed by atoms with E-state index in [1.54, 1.807) is 0 Å². The van der Waals surface area contributed by atoms with Crippen LogP contribution in [-0.4, -0.2) is 34.8 Å². The molecule has 0 aliphatic carbocycles. The number of hydrogen-bond acceptors (Lipinski definition) is 5. The van der Waals surface area contributed by atoms with Crippen molar-refractivity contribution in [2.45, 2.75) is 20.0 Å². The third-order valence-electron chi connectivity index (χ3n) is 5.41. The van der Waals surface area contributed by atoms with Crippen LogP contribution >= 0.6 is 0 Å². The predicted molar refractivity (Wildman–Crippen MR) is 110 cm³/mol. The highest BCUT2D eigenvalue weighted by molar-refractivity contribution is 6.69. The Hall–Kier alpha value is -3.15. The van der Waals surface area contributed by atoms with Crippen molar-refractivity contribution in [1.82, 2.24) is 14.6 Å². The highest BCUT2D eigenvalue weighted by Gasteiger charge is 2.35. The van der Waals surface area contributed by atoms with Gasteiger partial charge in [0.2, 0.25) is 5.71 Å². The van der Waals surface area contributed by atoms with Gasteiger partial charge in [-0.1, -0.05) is 18.2 Å². The molecule has 0 saturated carbocycles. The summed E-state index contributed by atoms with van der Waals surface area (Å²) in [7, 11) is 2.11. The average Bonchev–Trinajstić information content (AvgIpc) is 3.21. The third kappa shape index (κ3) is 2.52. The molecule has 5 nitrogen and oxygen atoms in total. The van der Waals surface area contributed by atoms with Gasteiger partial charge in [0.1, 0.15) is 5.42 Å². The summed E-state index contributed by atoms with van der Waals surface area (Å²) < 4.78 is 6.07. The molecule has 1 aromatic carbocycles. The Bertz CT molecular complexity index is 1150. The van der Waals surface area contributed by atoms with E-state index in [9.17, 15) is 0 Å². The molecule has 0 saturated heterocycles. The second kappa shape index (κ2) is 5.94. The highest BCUT2D eigenvalue weighted by atomic mass is 16.3. The number of benzene rings is 1. The Labute approximate surface area is 158 Å². The molecule has 0 spiro atoms. The first kappa shape index (κ1) is 16.1. The molecule has 1 atom stereocenters. The van der Waals surface area contributed by atoms with Gasteiger partial charge in [-0.25, -0.2) is 4.98 Å². The minimum absolute atomic E-state index is 0.0825. The van der Waals surface area contributed by atoms with Gasteiger partial charge in [0.15, 0.2) is 0 Å². The molecule has 0 amide bonds. The van der Waals surface area contributed by atoms with Gasteiger partial charge in [0.05, 0.1) is 6.17 Å². The van der Waals surface area contributed by atoms with E-state index < -0.39 is 0 Å². The van der Waals surface area contributed by atoms with Gasteiger partial charge in [-0.3, -0.25) is 0 Å². The van der Waals surface area contributed by atoms with E-state index in [-0.39, 0.29) is 13.1 Å². The fourth-order valence-corrected chi connectivity index (χ4v) is 3.95. The summed E-state index contributed by atoms with van der Waals surface area (Å²) in [4.78, 5) is 11.4. The zero-order valence-corrected chi connectivity index (χ0v) is 15.7. The molecular formula is C21H21BN4O. The number of furan rings is 1. The van der Waals surface area contributed by atoms with Crippen LogP contribution in [0.5, 0.6) is 0 Å². The number of para-hydroxylation sites is 1. The van der Waals surface area contributed by atoms with Crippen molar-refractivity contribution >= 4 is 35.9 Å². The summed E-state index contributed by atoms with van der Waals surface area (Å²) in [6.45, 7) is 4.28. The molecule has 6 heteroatoms. The molecular weight excluding hydrogens is 335 g/mol. The first-order chi connectivity index (χ1) is 13.1. The van der Waals surface area contributed by atoms with Gasteiger partial charge in [0.25, 0.3) is 0 Å². The van der Waals surface area contributed by atoms with E-state index in [2.05, 4.69) is 88.4 Å². The normalized spacial score (nSPS) is 18.7. The van der Waals surface area contributed by atoms with Crippen LogP contribution < -0.4 is 15.5 Å². The molecule has 2 aromatic heterocycles. The number of hydrogen-bond donors (Lipinski definition) is 0. The zero-order chi connectivity index (χ0) is 18.5. The highest BCUT2D eigenvalue weighted by Crippen LogP contribution is 2.26. The monoisotopic (exact) mass is 356 g/mol. The van der Waals surface area contributed by atoms with Crippen LogP contribution in [0.1, 0.15) is 12.6 Å². The second-order valence-electron chi connectivity index (χ2n) is 7.18. The van der Waals surface area contributed by atoms with Crippen molar-refractivity contribution in [2.75, 3.05) is 11.9 Å². The molecule has 3 aromatic rings. The second-order valence-corrected chi connectivity index (χ2v) is 7.18. The van der Waals surface area contributed by atoms with Crippen molar-refractivity contribution < 1.29 is 4.42 Å². The van der Waals surface area contributed by atoms with Crippen LogP contribution in [-0.2, 0) is 0 Å². The smallest absolute Gasteiger partial charge is 0.408 e. The molecule has 0 fully saturated rings. The van der Waals surface area contributed by atoms with Gasteiger partial charge in [-0.05, 0) is 51.1 Å². The van der Waals surface area contributed by atoms with E-state index in [1.807, 2.05) is 19.1 Å². The zero-order valence-electron chi connectivity index (χ0n) is 15.7. The van der Waals surface area contributed by atoms with Crippen LogP contribution in [0.15, 0.2) is 59.3 Å². The van der Waals surface area contributed by atoms with Crippen molar-refractivity contribution in [3.8, 4) is 0 Å². The standard InChI is InChI=1S/C21H21BN4O/c1-15-9-10-18-19-14-24(3)22(13-20(19)27-21(18)23-15)26-12-11-25(16(26)2)17-7-5-4-6-8-17/h4-14,16H,1-3H3/t16-/m0/s1. The Morgan fingerprint density at radius 2 is 1.89 bits per heavy atom. The van der Waals surface area contributed by atoms with Gasteiger partial charge >= 0.3 is 6.98 Å². The lowest BCUT2D eigenvalue weighted by atomic mass is 9.70. The molecule has 134 valence electrons. The summed E-state index contributed by atoms with van der Waals surface area (Å²) in [6.07, 6.45) is 6.66. The lowest BCUT2D eigenvalue weighted by Crippen LogP contribution is -2.54. The van der Waals surface area contributed by atoms with Crippen LogP contribution in [0.25, 0.3) is 23.3 Å². The summed E-state index contributed by atoms with van der Waals surface area (Å²) >= 11 is 0. The average molecular weight is 356 g/mol. The van der Waals surface area contributed by atoms with E-state index >= 15 is 0 Å². The van der Waals surface area contributed by atoms with Crippen molar-refractivity contribution in [2.24, 2.45) is 0 Å². The molecule has 5 rings (SSSR count). The van der Waals surface area contributed by atoms with Gasteiger partial charge < -0.3 is 18.9 Å². The number of pyridine rings is 1. The number of rotatable bonds is 2. The summed E-state index contributed by atoms with van der Waals surface area (Å²) in [5.74, 6) is 2.18. The topological polar surface area (TPSA) is 35.8 Å². The van der Waals surface area contributed by atoms with E-state index in [0.717, 1.165) is 21.7 Å².